The molecule has 2 aliphatic heterocycles. The first-order valence-corrected chi connectivity index (χ1v) is 10.2. The summed E-state index contributed by atoms with van der Waals surface area (Å²) in [6.07, 6.45) is 1.91. The zero-order valence-electron chi connectivity index (χ0n) is 14.9. The molecule has 3 aromatic rings. The second-order valence-electron chi connectivity index (χ2n) is 7.40. The van der Waals surface area contributed by atoms with Gasteiger partial charge in [0.2, 0.25) is 0 Å². The van der Waals surface area contributed by atoms with Crippen LogP contribution in [0.5, 0.6) is 0 Å². The van der Waals surface area contributed by atoms with Gasteiger partial charge in [-0.3, -0.25) is 4.90 Å². The van der Waals surface area contributed by atoms with Crippen molar-refractivity contribution in [2.24, 2.45) is 0 Å². The number of aromatic nitrogens is 1. The number of piperidine rings is 1. The van der Waals surface area contributed by atoms with E-state index in [0.29, 0.717) is 18.0 Å². The molecule has 26 heavy (non-hydrogen) atoms. The van der Waals surface area contributed by atoms with Gasteiger partial charge < -0.3 is 5.32 Å². The number of nitrogens with zero attached hydrogens (tertiary/aromatic N) is 2. The molecule has 0 saturated carbocycles. The van der Waals surface area contributed by atoms with Gasteiger partial charge in [0, 0.05) is 42.7 Å². The highest BCUT2D eigenvalue weighted by molar-refractivity contribution is 7.09. The molecule has 0 aliphatic carbocycles. The van der Waals surface area contributed by atoms with Crippen LogP contribution >= 0.6 is 11.3 Å². The van der Waals surface area contributed by atoms with Gasteiger partial charge >= 0.3 is 0 Å². The average molecular weight is 362 g/mol. The number of piperazine rings is 1. The van der Waals surface area contributed by atoms with Gasteiger partial charge in [0.1, 0.15) is 5.01 Å². The Morgan fingerprint density at radius 3 is 2.27 bits per heavy atom. The van der Waals surface area contributed by atoms with E-state index in [0.717, 1.165) is 19.6 Å². The Balaban J connectivity index is 1.34. The van der Waals surface area contributed by atoms with Crippen LogP contribution in [0.1, 0.15) is 22.1 Å². The van der Waals surface area contributed by atoms with Crippen LogP contribution in [0.15, 0.2) is 60.1 Å². The first-order valence-electron chi connectivity index (χ1n) is 9.31. The number of hydrogen-bond acceptors (Lipinski definition) is 4. The molecular formula is C22H23N3S. The monoisotopic (exact) mass is 361 g/mol. The lowest BCUT2D eigenvalue weighted by Crippen LogP contribution is -2.72. The fraction of sp³-hybridized carbons (Fsp3) is 0.318. The topological polar surface area (TPSA) is 28.2 Å². The van der Waals surface area contributed by atoms with Gasteiger partial charge in [-0.15, -0.1) is 11.3 Å². The van der Waals surface area contributed by atoms with Crippen molar-refractivity contribution >= 4 is 11.3 Å². The molecule has 1 N–H and O–H groups in total. The van der Waals surface area contributed by atoms with Gasteiger partial charge in [-0.25, -0.2) is 4.98 Å². The zero-order valence-corrected chi connectivity index (χ0v) is 15.7. The van der Waals surface area contributed by atoms with Gasteiger partial charge in [0.25, 0.3) is 0 Å². The Morgan fingerprint density at radius 2 is 1.65 bits per heavy atom. The van der Waals surface area contributed by atoms with E-state index in [9.17, 15) is 0 Å². The molecule has 3 heterocycles. The van der Waals surface area contributed by atoms with Crippen molar-refractivity contribution in [1.29, 1.82) is 0 Å². The van der Waals surface area contributed by atoms with E-state index in [2.05, 4.69) is 76.0 Å². The lowest BCUT2D eigenvalue weighted by atomic mass is 9.72. The van der Waals surface area contributed by atoms with E-state index < -0.39 is 0 Å². The summed E-state index contributed by atoms with van der Waals surface area (Å²) in [7, 11) is 0. The molecule has 0 radical (unpaired) electrons. The molecule has 2 aromatic carbocycles. The Labute approximate surface area is 158 Å². The van der Waals surface area contributed by atoms with Crippen molar-refractivity contribution in [1.82, 2.24) is 15.2 Å². The second kappa shape index (κ2) is 6.62. The molecule has 2 bridgehead atoms. The number of hydrogen-bond donors (Lipinski definition) is 1. The van der Waals surface area contributed by atoms with Gasteiger partial charge in [0.15, 0.2) is 0 Å². The molecule has 2 saturated heterocycles. The SMILES string of the molecule is Cc1ccc(-c2ccc(C3[C@H]4CNC[C@@H]3N4Cc3nccs3)cc2)cc1. The van der Waals surface area contributed by atoms with Crippen LogP contribution in [-0.4, -0.2) is 35.1 Å². The summed E-state index contributed by atoms with van der Waals surface area (Å²) in [5.74, 6) is 0.642. The van der Waals surface area contributed by atoms with Crippen molar-refractivity contribution < 1.29 is 0 Å². The van der Waals surface area contributed by atoms with Crippen LogP contribution in [0.2, 0.25) is 0 Å². The van der Waals surface area contributed by atoms with Crippen LogP contribution in [0.3, 0.4) is 0 Å². The summed E-state index contributed by atoms with van der Waals surface area (Å²) in [6.45, 7) is 5.28. The summed E-state index contributed by atoms with van der Waals surface area (Å²) >= 11 is 1.76. The number of aryl methyl sites for hydroxylation is 1. The third-order valence-corrected chi connectivity index (χ3v) is 6.63. The van der Waals surface area contributed by atoms with E-state index in [1.165, 1.54) is 27.3 Å². The minimum atomic E-state index is 0.586. The summed E-state index contributed by atoms with van der Waals surface area (Å²) in [5, 5.41) is 6.88. The second-order valence-corrected chi connectivity index (χ2v) is 8.38. The van der Waals surface area contributed by atoms with Crippen LogP contribution in [-0.2, 0) is 6.54 Å². The number of likely N-dealkylation sites (tertiary alicyclic amines) is 1. The Bertz CT molecular complexity index is 859. The Kier molecular flexibility index (Phi) is 4.12. The molecule has 2 aliphatic rings. The molecule has 4 heteroatoms. The summed E-state index contributed by atoms with van der Waals surface area (Å²) in [5.41, 5.74) is 5.38. The predicted octanol–water partition coefficient (Wildman–Crippen LogP) is 4.06. The minimum Gasteiger partial charge on any atom is -0.314 e. The Morgan fingerprint density at radius 1 is 1.00 bits per heavy atom. The highest BCUT2D eigenvalue weighted by Gasteiger charge is 2.51. The van der Waals surface area contributed by atoms with E-state index in [1.807, 2.05) is 6.20 Å². The quantitative estimate of drug-likeness (QED) is 0.760. The molecule has 1 aromatic heterocycles. The van der Waals surface area contributed by atoms with E-state index >= 15 is 0 Å². The number of benzene rings is 2. The molecule has 5 rings (SSSR count). The molecule has 3 atom stereocenters. The lowest BCUT2D eigenvalue weighted by molar-refractivity contribution is -0.0483. The number of rotatable bonds is 4. The van der Waals surface area contributed by atoms with Gasteiger partial charge in [0.05, 0.1) is 6.54 Å². The molecule has 0 spiro atoms. The highest BCUT2D eigenvalue weighted by Crippen LogP contribution is 2.43. The number of thiazole rings is 1. The molecule has 132 valence electrons. The standard InChI is InChI=1S/C22H23N3S/c1-15-2-4-16(5-3-15)17-6-8-18(9-7-17)22-19-12-23-13-20(22)25(19)14-21-24-10-11-26-21/h2-11,19-20,22-23H,12-14H2,1H3/t19-,20+,22?. The predicted molar refractivity (Wildman–Crippen MR) is 107 cm³/mol. The van der Waals surface area contributed by atoms with Crippen molar-refractivity contribution in [3.63, 3.8) is 0 Å². The lowest BCUT2D eigenvalue weighted by Gasteiger charge is -2.59. The molecule has 3 nitrogen and oxygen atoms in total. The number of fused-ring (bicyclic) bond motifs is 2. The summed E-state index contributed by atoms with van der Waals surface area (Å²) in [4.78, 5) is 7.10. The van der Waals surface area contributed by atoms with Gasteiger partial charge in [-0.1, -0.05) is 54.1 Å². The van der Waals surface area contributed by atoms with Crippen molar-refractivity contribution in [2.45, 2.75) is 31.5 Å². The van der Waals surface area contributed by atoms with Gasteiger partial charge in [-0.2, -0.15) is 0 Å². The molecule has 1 unspecified atom stereocenters. The molecule has 0 amide bonds. The largest absolute Gasteiger partial charge is 0.314 e. The van der Waals surface area contributed by atoms with E-state index in [-0.39, 0.29) is 0 Å². The van der Waals surface area contributed by atoms with Crippen molar-refractivity contribution in [2.75, 3.05) is 13.1 Å². The fourth-order valence-electron chi connectivity index (χ4n) is 4.49. The molecule has 2 fully saturated rings. The number of nitrogens with one attached hydrogen (secondary N) is 1. The van der Waals surface area contributed by atoms with E-state index in [1.54, 1.807) is 11.3 Å². The van der Waals surface area contributed by atoms with Gasteiger partial charge in [-0.05, 0) is 23.6 Å². The Hall–Kier alpha value is -2.01. The first-order chi connectivity index (χ1) is 12.8. The third kappa shape index (κ3) is 2.78. The van der Waals surface area contributed by atoms with Crippen LogP contribution in [0.4, 0.5) is 0 Å². The first kappa shape index (κ1) is 16.2. The normalized spacial score (nSPS) is 25.0. The summed E-state index contributed by atoms with van der Waals surface area (Å²) in [6, 6.07) is 19.2. The van der Waals surface area contributed by atoms with Crippen LogP contribution < -0.4 is 5.32 Å². The van der Waals surface area contributed by atoms with Crippen LogP contribution in [0.25, 0.3) is 11.1 Å². The van der Waals surface area contributed by atoms with Crippen molar-refractivity contribution in [3.05, 3.63) is 76.2 Å². The molecular weight excluding hydrogens is 338 g/mol. The average Bonchev–Trinajstić information content (AvgIpc) is 3.20. The highest BCUT2D eigenvalue weighted by atomic mass is 32.1. The van der Waals surface area contributed by atoms with Crippen LogP contribution in [0, 0.1) is 6.92 Å². The minimum absolute atomic E-state index is 0.586. The smallest absolute Gasteiger partial charge is 0.107 e. The summed E-state index contributed by atoms with van der Waals surface area (Å²) < 4.78 is 0. The van der Waals surface area contributed by atoms with Crippen molar-refractivity contribution in [3.8, 4) is 11.1 Å². The maximum Gasteiger partial charge on any atom is 0.107 e. The van der Waals surface area contributed by atoms with E-state index in [4.69, 9.17) is 0 Å². The third-order valence-electron chi connectivity index (χ3n) is 5.87. The maximum atomic E-state index is 4.47. The maximum absolute atomic E-state index is 4.47. The fourth-order valence-corrected chi connectivity index (χ4v) is 5.11. The zero-order chi connectivity index (χ0) is 17.5.